The van der Waals surface area contributed by atoms with Gasteiger partial charge in [-0.15, -0.1) is 0 Å². The van der Waals surface area contributed by atoms with Crippen LogP contribution in [0.2, 0.25) is 0 Å². The Bertz CT molecular complexity index is 56.3. The summed E-state index contributed by atoms with van der Waals surface area (Å²) in [4.78, 5) is 8.81. The first-order valence-electron chi connectivity index (χ1n) is 13.5. The average Bonchev–Trinajstić information content (AvgIpc) is 2.97. The Morgan fingerprint density at radius 2 is 0.486 bits per heavy atom. The summed E-state index contributed by atoms with van der Waals surface area (Å²) < 4.78 is 12.8. The topological polar surface area (TPSA) is 65.0 Å². The minimum atomic E-state index is 0.750. The van der Waals surface area contributed by atoms with Crippen molar-refractivity contribution in [1.82, 2.24) is 0 Å². The van der Waals surface area contributed by atoms with Crippen LogP contribution >= 0.6 is 15.9 Å². The third-order valence-corrected chi connectivity index (χ3v) is 0. The molecule has 5 nitrogen and oxygen atoms in total. The lowest BCUT2D eigenvalue weighted by Gasteiger charge is -1.61. The maximum atomic E-state index is 8.81. The van der Waals surface area contributed by atoms with Crippen molar-refractivity contribution >= 4 is 22.2 Å². The fraction of sp³-hybridized carbons (Fsp3) is 0.966. The van der Waals surface area contributed by atoms with Crippen LogP contribution in [0.3, 0.4) is 0 Å². The molecule has 0 fully saturated rings. The summed E-state index contributed by atoms with van der Waals surface area (Å²) in [7, 11) is 10.8. The minimum Gasteiger partial charge on any atom is -0.400 e. The highest BCUT2D eigenvalue weighted by molar-refractivity contribution is 9.08. The zero-order valence-corrected chi connectivity index (χ0v) is 32.3. The average molecular weight is 594 g/mol. The molecule has 0 saturated heterocycles. The largest absolute Gasteiger partial charge is 0.400 e. The van der Waals surface area contributed by atoms with Crippen molar-refractivity contribution in [3.63, 3.8) is 0 Å². The molecule has 35 heavy (non-hydrogen) atoms. The molecular formula is C29H85BrO5. The number of halogens is 1. The molecular weight excluding hydrogens is 508 g/mol. The van der Waals surface area contributed by atoms with E-state index in [1.165, 1.54) is 13.3 Å². The molecule has 0 aliphatic rings. The highest BCUT2D eigenvalue weighted by Crippen LogP contribution is 1.56. The highest BCUT2D eigenvalue weighted by atomic mass is 79.9. The van der Waals surface area contributed by atoms with Gasteiger partial charge in [-0.3, -0.25) is 0 Å². The fourth-order valence-electron chi connectivity index (χ4n) is 0. The lowest BCUT2D eigenvalue weighted by Crippen LogP contribution is -1.55. The Kier molecular flexibility index (Phi) is 4290. The Hall–Kier alpha value is -0.0100. The Labute approximate surface area is 239 Å². The van der Waals surface area contributed by atoms with Gasteiger partial charge in [-0.25, -0.2) is 0 Å². The highest BCUT2D eigenvalue weighted by Gasteiger charge is 1.35. The minimum absolute atomic E-state index is 0.750. The molecule has 0 rings (SSSR count). The van der Waals surface area contributed by atoms with Crippen molar-refractivity contribution in [1.29, 1.82) is 0 Å². The van der Waals surface area contributed by atoms with Crippen molar-refractivity contribution in [2.24, 2.45) is 0 Å². The molecule has 0 amide bonds. The SMILES string of the molecule is CBr.CC.CC.CC.CC.CC.CC.CC.CC.CC=O.CCC.CO.COC.COC.COC. The Morgan fingerprint density at radius 3 is 0.486 bits per heavy atom. The fourth-order valence-corrected chi connectivity index (χ4v) is 0. The summed E-state index contributed by atoms with van der Waals surface area (Å²) >= 11 is 2.94. The quantitative estimate of drug-likeness (QED) is 0.223. The van der Waals surface area contributed by atoms with E-state index >= 15 is 0 Å². The monoisotopic (exact) mass is 593 g/mol. The van der Waals surface area contributed by atoms with Crippen molar-refractivity contribution < 1.29 is 24.1 Å². The zero-order valence-electron chi connectivity index (χ0n) is 30.7. The van der Waals surface area contributed by atoms with Gasteiger partial charge in [0.25, 0.3) is 0 Å². The number of ether oxygens (including phenoxy) is 3. The molecule has 0 bridgehead atoms. The first-order valence-corrected chi connectivity index (χ1v) is 15.1. The maximum absolute atomic E-state index is 8.81. The number of alkyl halides is 1. The molecule has 0 radical (unpaired) electrons. The van der Waals surface area contributed by atoms with Gasteiger partial charge in [-0.05, 0) is 12.8 Å². The number of carbonyl (C=O) groups excluding carboxylic acids is 1. The van der Waals surface area contributed by atoms with Crippen LogP contribution < -0.4 is 0 Å². The van der Waals surface area contributed by atoms with E-state index in [0.29, 0.717) is 0 Å². The molecule has 0 saturated carbocycles. The molecule has 0 aromatic carbocycles. The van der Waals surface area contributed by atoms with E-state index in [4.69, 9.17) is 9.90 Å². The number of aliphatic hydroxyl groups is 1. The van der Waals surface area contributed by atoms with Crippen LogP contribution in [0.5, 0.6) is 0 Å². The molecule has 0 atom stereocenters. The second-order valence-corrected chi connectivity index (χ2v) is 2.17. The molecule has 0 spiro atoms. The van der Waals surface area contributed by atoms with E-state index in [1.54, 1.807) is 42.7 Å². The number of carbonyl (C=O) groups is 1. The van der Waals surface area contributed by atoms with Crippen molar-refractivity contribution in [3.8, 4) is 0 Å². The van der Waals surface area contributed by atoms with Crippen molar-refractivity contribution in [2.75, 3.05) is 55.6 Å². The van der Waals surface area contributed by atoms with Crippen LogP contribution in [0.4, 0.5) is 0 Å². The van der Waals surface area contributed by atoms with Crippen LogP contribution in [0.25, 0.3) is 0 Å². The van der Waals surface area contributed by atoms with Crippen LogP contribution in [0.15, 0.2) is 0 Å². The summed E-state index contributed by atoms with van der Waals surface area (Å²) in [6, 6.07) is 0. The number of hydrogen-bond donors (Lipinski definition) is 1. The number of aldehydes is 1. The molecule has 238 valence electrons. The second-order valence-electron chi connectivity index (χ2n) is 2.17. The summed E-state index contributed by atoms with van der Waals surface area (Å²) in [6.07, 6.45) is 2.00. The first kappa shape index (κ1) is 101. The normalized spacial score (nSPS) is 4.14. The predicted octanol–water partition coefficient (Wildman–Crippen LogP) is 11.2. The van der Waals surface area contributed by atoms with E-state index < -0.39 is 0 Å². The van der Waals surface area contributed by atoms with Gasteiger partial charge in [0.05, 0.1) is 0 Å². The second kappa shape index (κ2) is 1490. The van der Waals surface area contributed by atoms with Gasteiger partial charge in [0.1, 0.15) is 6.29 Å². The molecule has 0 aromatic heterocycles. The lowest BCUT2D eigenvalue weighted by molar-refractivity contribution is -0.106. The van der Waals surface area contributed by atoms with Crippen molar-refractivity contribution in [3.05, 3.63) is 0 Å². The summed E-state index contributed by atoms with van der Waals surface area (Å²) in [6.45, 7) is 37.7. The third-order valence-electron chi connectivity index (χ3n) is 0. The van der Waals surface area contributed by atoms with E-state index in [0.717, 1.165) is 13.4 Å². The lowest BCUT2D eigenvalue weighted by atomic mass is 10.6. The number of aliphatic hydroxyl groups excluding tert-OH is 1. The Morgan fingerprint density at radius 1 is 0.486 bits per heavy atom. The molecule has 0 aliphatic carbocycles. The van der Waals surface area contributed by atoms with Crippen LogP contribution in [-0.2, 0) is 19.0 Å². The zero-order chi connectivity index (χ0) is 33.5. The first-order chi connectivity index (χ1) is 17.1. The molecule has 1 N–H and O–H groups in total. The van der Waals surface area contributed by atoms with Crippen LogP contribution in [0, 0.1) is 0 Å². The van der Waals surface area contributed by atoms with E-state index in [9.17, 15) is 0 Å². The summed E-state index contributed by atoms with van der Waals surface area (Å²) in [5.41, 5.74) is 0. The standard InChI is InChI=1S/C3H8.3C2H6O.C2H4O.8C2H6.CH3Br.CH4O/c4*1-3-2;1-2-3;10*1-2/h3H2,1-2H3;3*1-2H3;2H,1H3;8*1-2H3;1H3;2H,1H3. The predicted molar refractivity (Wildman–Crippen MR) is 180 cm³/mol. The van der Waals surface area contributed by atoms with Crippen LogP contribution in [-0.4, -0.2) is 67.0 Å². The summed E-state index contributed by atoms with van der Waals surface area (Å²) in [5.74, 6) is 1.81. The molecule has 0 aliphatic heterocycles. The number of rotatable bonds is 0. The van der Waals surface area contributed by atoms with Gasteiger partial charge in [0.2, 0.25) is 0 Å². The van der Waals surface area contributed by atoms with Gasteiger partial charge >= 0.3 is 0 Å². The molecule has 0 aromatic rings. The summed E-state index contributed by atoms with van der Waals surface area (Å²) in [5, 5.41) is 7.00. The van der Waals surface area contributed by atoms with Gasteiger partial charge in [-0.2, -0.15) is 0 Å². The Balaban J connectivity index is -0.00000000947. The smallest absolute Gasteiger partial charge is 0.116 e. The van der Waals surface area contributed by atoms with E-state index in [1.807, 2.05) is 117 Å². The van der Waals surface area contributed by atoms with Gasteiger partial charge in [-0.1, -0.05) is 147 Å². The van der Waals surface area contributed by atoms with Crippen molar-refractivity contribution in [2.45, 2.75) is 138 Å². The molecule has 0 unspecified atom stereocenters. The number of hydrogen-bond acceptors (Lipinski definition) is 5. The van der Waals surface area contributed by atoms with Gasteiger partial charge < -0.3 is 24.1 Å². The van der Waals surface area contributed by atoms with E-state index in [-0.39, 0.29) is 0 Å². The number of methoxy groups -OCH3 is 3. The van der Waals surface area contributed by atoms with Gasteiger partial charge in [0.15, 0.2) is 0 Å². The molecule has 6 heteroatoms. The van der Waals surface area contributed by atoms with Gasteiger partial charge in [0, 0.05) is 49.8 Å². The molecule has 0 heterocycles. The van der Waals surface area contributed by atoms with Crippen LogP contribution in [0.1, 0.15) is 138 Å². The van der Waals surface area contributed by atoms with E-state index in [2.05, 4.69) is 44.0 Å². The maximum Gasteiger partial charge on any atom is 0.116 e. The third kappa shape index (κ3) is 348000000.